The van der Waals surface area contributed by atoms with E-state index in [-0.39, 0.29) is 0 Å². The number of urea groups is 1. The Morgan fingerprint density at radius 3 is 1.88 bits per heavy atom. The van der Waals surface area contributed by atoms with Crippen LogP contribution in [0.5, 0.6) is 0 Å². The molecule has 16 heavy (non-hydrogen) atoms. The number of hydrogen-bond donors (Lipinski definition) is 2. The van der Waals surface area contributed by atoms with Gasteiger partial charge in [-0.05, 0) is 27.7 Å². The molecule has 0 aromatic heterocycles. The monoisotopic (exact) mass is 230 g/mol. The number of rotatable bonds is 7. The maximum Gasteiger partial charge on any atom is 0.314 e. The molecular weight excluding hydrogens is 204 g/mol. The molecule has 0 aliphatic rings. The smallest absolute Gasteiger partial charge is 0.314 e. The summed E-state index contributed by atoms with van der Waals surface area (Å²) in [6.07, 6.45) is 0. The molecule has 0 spiro atoms. The van der Waals surface area contributed by atoms with Crippen molar-refractivity contribution < 1.29 is 4.79 Å². The lowest BCUT2D eigenvalue weighted by Gasteiger charge is -2.32. The highest BCUT2D eigenvalue weighted by molar-refractivity contribution is 5.71. The van der Waals surface area contributed by atoms with Gasteiger partial charge in [0.15, 0.2) is 0 Å². The highest BCUT2D eigenvalue weighted by atomic mass is 16.2. The van der Waals surface area contributed by atoms with Crippen molar-refractivity contribution in [2.75, 3.05) is 26.2 Å². The van der Waals surface area contributed by atoms with Gasteiger partial charge in [0.25, 0.3) is 0 Å². The Bertz CT molecular complexity index is 198. The van der Waals surface area contributed by atoms with E-state index >= 15 is 0 Å². The number of nitrogens with two attached hydrogens (primary N) is 2. The van der Waals surface area contributed by atoms with Gasteiger partial charge in [-0.25, -0.2) is 4.79 Å². The third-order valence-corrected chi connectivity index (χ3v) is 2.67. The summed E-state index contributed by atoms with van der Waals surface area (Å²) in [5.41, 5.74) is 10.7. The first-order valence-electron chi connectivity index (χ1n) is 5.90. The summed E-state index contributed by atoms with van der Waals surface area (Å²) in [5, 5.41) is 0. The maximum absolute atomic E-state index is 11.1. The van der Waals surface area contributed by atoms with E-state index in [9.17, 15) is 4.79 Å². The van der Waals surface area contributed by atoms with Crippen LogP contribution < -0.4 is 11.5 Å². The summed E-state index contributed by atoms with van der Waals surface area (Å²) in [4.78, 5) is 15.0. The summed E-state index contributed by atoms with van der Waals surface area (Å²) in [5.74, 6) is 0. The minimum Gasteiger partial charge on any atom is -0.351 e. The predicted molar refractivity (Wildman–Crippen MR) is 67.2 cm³/mol. The van der Waals surface area contributed by atoms with Gasteiger partial charge in [0, 0.05) is 38.3 Å². The van der Waals surface area contributed by atoms with Crippen molar-refractivity contribution in [1.29, 1.82) is 0 Å². The molecule has 0 aromatic rings. The standard InChI is InChI=1S/C11H26N4O/c1-9(2)15(10(3)4)8-7-14(6-5-12)11(13)16/h9-10H,5-8,12H2,1-4H3,(H2,13,16). The molecule has 0 fully saturated rings. The van der Waals surface area contributed by atoms with Crippen LogP contribution in [0.25, 0.3) is 0 Å². The molecule has 0 heterocycles. The van der Waals surface area contributed by atoms with Crippen molar-refractivity contribution in [3.05, 3.63) is 0 Å². The average Bonchev–Trinajstić information content (AvgIpc) is 2.15. The summed E-state index contributed by atoms with van der Waals surface area (Å²) < 4.78 is 0. The Labute approximate surface area is 98.7 Å². The third-order valence-electron chi connectivity index (χ3n) is 2.67. The van der Waals surface area contributed by atoms with Gasteiger partial charge in [-0.15, -0.1) is 0 Å². The van der Waals surface area contributed by atoms with Crippen LogP contribution in [0.1, 0.15) is 27.7 Å². The van der Waals surface area contributed by atoms with Crippen LogP contribution in [-0.4, -0.2) is 54.1 Å². The Morgan fingerprint density at radius 2 is 1.56 bits per heavy atom. The van der Waals surface area contributed by atoms with Crippen molar-refractivity contribution in [3.8, 4) is 0 Å². The highest BCUT2D eigenvalue weighted by Gasteiger charge is 2.15. The molecule has 0 atom stereocenters. The fraction of sp³-hybridized carbons (Fsp3) is 0.909. The minimum absolute atomic E-state index is 0.391. The van der Waals surface area contributed by atoms with E-state index in [1.807, 2.05) is 0 Å². The van der Waals surface area contributed by atoms with Crippen LogP contribution in [-0.2, 0) is 0 Å². The molecule has 5 heteroatoms. The van der Waals surface area contributed by atoms with Gasteiger partial charge >= 0.3 is 6.03 Å². The summed E-state index contributed by atoms with van der Waals surface area (Å²) in [7, 11) is 0. The molecule has 5 nitrogen and oxygen atoms in total. The molecule has 4 N–H and O–H groups in total. The Morgan fingerprint density at radius 1 is 1.06 bits per heavy atom. The topological polar surface area (TPSA) is 75.6 Å². The van der Waals surface area contributed by atoms with Gasteiger partial charge in [-0.3, -0.25) is 4.90 Å². The number of hydrogen-bond acceptors (Lipinski definition) is 3. The second kappa shape index (κ2) is 7.46. The molecule has 0 saturated carbocycles. The number of nitrogens with zero attached hydrogens (tertiary/aromatic N) is 2. The van der Waals surface area contributed by atoms with E-state index in [4.69, 9.17) is 11.5 Å². The first kappa shape index (κ1) is 15.2. The largest absolute Gasteiger partial charge is 0.351 e. The molecule has 0 aliphatic carbocycles. The van der Waals surface area contributed by atoms with Gasteiger partial charge in [-0.1, -0.05) is 0 Å². The fourth-order valence-corrected chi connectivity index (χ4v) is 1.84. The Kier molecular flexibility index (Phi) is 7.08. The summed E-state index contributed by atoms with van der Waals surface area (Å²) in [6, 6.07) is 0.540. The number of primary amides is 1. The highest BCUT2D eigenvalue weighted by Crippen LogP contribution is 2.04. The lowest BCUT2D eigenvalue weighted by Crippen LogP contribution is -2.46. The molecule has 0 unspecified atom stereocenters. The average molecular weight is 230 g/mol. The number of carbonyl (C=O) groups excluding carboxylic acids is 1. The van der Waals surface area contributed by atoms with E-state index in [0.717, 1.165) is 6.54 Å². The molecule has 2 amide bonds. The van der Waals surface area contributed by atoms with Gasteiger partial charge < -0.3 is 16.4 Å². The van der Waals surface area contributed by atoms with Crippen LogP contribution in [0.3, 0.4) is 0 Å². The molecule has 0 aromatic carbocycles. The van der Waals surface area contributed by atoms with Crippen molar-refractivity contribution in [2.45, 2.75) is 39.8 Å². The lowest BCUT2D eigenvalue weighted by molar-refractivity contribution is 0.149. The van der Waals surface area contributed by atoms with E-state index in [1.165, 1.54) is 0 Å². The van der Waals surface area contributed by atoms with Crippen LogP contribution in [0, 0.1) is 0 Å². The van der Waals surface area contributed by atoms with E-state index < -0.39 is 6.03 Å². The summed E-state index contributed by atoms with van der Waals surface area (Å²) >= 11 is 0. The SMILES string of the molecule is CC(C)N(CCN(CCN)C(N)=O)C(C)C. The number of amides is 2. The second-order valence-electron chi connectivity index (χ2n) is 4.54. The van der Waals surface area contributed by atoms with Crippen molar-refractivity contribution in [1.82, 2.24) is 9.80 Å². The van der Waals surface area contributed by atoms with E-state index in [1.54, 1.807) is 4.90 Å². The molecule has 96 valence electrons. The molecule has 0 radical (unpaired) electrons. The van der Waals surface area contributed by atoms with Gasteiger partial charge in [0.1, 0.15) is 0 Å². The zero-order chi connectivity index (χ0) is 12.7. The zero-order valence-electron chi connectivity index (χ0n) is 10.9. The third kappa shape index (κ3) is 5.32. The molecule has 0 aliphatic heterocycles. The first-order valence-corrected chi connectivity index (χ1v) is 5.90. The van der Waals surface area contributed by atoms with E-state index in [0.29, 0.717) is 31.7 Å². The molecular formula is C11H26N4O. The fourth-order valence-electron chi connectivity index (χ4n) is 1.84. The Balaban J connectivity index is 4.20. The maximum atomic E-state index is 11.1. The normalized spacial score (nSPS) is 11.5. The van der Waals surface area contributed by atoms with Crippen LogP contribution in [0.2, 0.25) is 0 Å². The van der Waals surface area contributed by atoms with Crippen molar-refractivity contribution in [3.63, 3.8) is 0 Å². The summed E-state index contributed by atoms with van der Waals surface area (Å²) in [6.45, 7) is 11.1. The minimum atomic E-state index is -0.391. The zero-order valence-corrected chi connectivity index (χ0v) is 10.9. The molecule has 0 rings (SSSR count). The van der Waals surface area contributed by atoms with Crippen LogP contribution >= 0.6 is 0 Å². The second-order valence-corrected chi connectivity index (χ2v) is 4.54. The van der Waals surface area contributed by atoms with Crippen LogP contribution in [0.15, 0.2) is 0 Å². The predicted octanol–water partition coefficient (Wildman–Crippen LogP) is 0.445. The van der Waals surface area contributed by atoms with Gasteiger partial charge in [0.2, 0.25) is 0 Å². The van der Waals surface area contributed by atoms with Crippen molar-refractivity contribution >= 4 is 6.03 Å². The van der Waals surface area contributed by atoms with E-state index in [2.05, 4.69) is 32.6 Å². The van der Waals surface area contributed by atoms with Gasteiger partial charge in [0.05, 0.1) is 0 Å². The van der Waals surface area contributed by atoms with Gasteiger partial charge in [-0.2, -0.15) is 0 Å². The molecule has 0 saturated heterocycles. The number of carbonyl (C=O) groups is 1. The quantitative estimate of drug-likeness (QED) is 0.666. The van der Waals surface area contributed by atoms with Crippen molar-refractivity contribution in [2.24, 2.45) is 11.5 Å². The first-order chi connectivity index (χ1) is 7.40. The lowest BCUT2D eigenvalue weighted by atomic mass is 10.2. The van der Waals surface area contributed by atoms with Crippen LogP contribution in [0.4, 0.5) is 4.79 Å². The molecule has 0 bridgehead atoms. The Hall–Kier alpha value is -0.810.